The van der Waals surface area contributed by atoms with Crippen molar-refractivity contribution in [3.05, 3.63) is 42.4 Å². The number of carbonyl (C=O) groups excluding carboxylic acids is 1. The summed E-state index contributed by atoms with van der Waals surface area (Å²) in [5, 5.41) is 3.06. The molecule has 0 unspecified atom stereocenters. The second-order valence-corrected chi connectivity index (χ2v) is 6.47. The molecule has 3 heterocycles. The van der Waals surface area contributed by atoms with Gasteiger partial charge in [-0.2, -0.15) is 0 Å². The van der Waals surface area contributed by atoms with Crippen LogP contribution in [0.3, 0.4) is 0 Å². The van der Waals surface area contributed by atoms with E-state index in [1.54, 1.807) is 37.2 Å². The number of pyridine rings is 1. The Balaban J connectivity index is 1.72. The lowest BCUT2D eigenvalue weighted by atomic mass is 10.1. The van der Waals surface area contributed by atoms with E-state index in [0.29, 0.717) is 31.5 Å². The molecule has 8 heteroatoms. The van der Waals surface area contributed by atoms with E-state index in [9.17, 15) is 4.79 Å². The van der Waals surface area contributed by atoms with Crippen molar-refractivity contribution in [3.63, 3.8) is 0 Å². The summed E-state index contributed by atoms with van der Waals surface area (Å²) in [6.07, 6.45) is 3.02. The van der Waals surface area contributed by atoms with Gasteiger partial charge < -0.3 is 19.7 Å². The summed E-state index contributed by atoms with van der Waals surface area (Å²) in [6, 6.07) is 7.35. The molecule has 26 heavy (non-hydrogen) atoms. The van der Waals surface area contributed by atoms with Crippen molar-refractivity contribution < 1.29 is 14.3 Å². The summed E-state index contributed by atoms with van der Waals surface area (Å²) >= 11 is 0. The Kier molecular flexibility index (Phi) is 5.43. The Morgan fingerprint density at radius 3 is 2.81 bits per heavy atom. The molecule has 1 fully saturated rings. The molecule has 1 N–H and O–H groups in total. The molecule has 0 spiro atoms. The minimum Gasteiger partial charge on any atom is -0.369 e. The number of carbonyl (C=O) groups is 1. The van der Waals surface area contributed by atoms with Crippen LogP contribution in [-0.4, -0.2) is 58.2 Å². The quantitative estimate of drug-likeness (QED) is 0.874. The zero-order chi connectivity index (χ0) is 18.6. The van der Waals surface area contributed by atoms with Crippen molar-refractivity contribution in [2.75, 3.05) is 32.1 Å². The number of anilines is 2. The summed E-state index contributed by atoms with van der Waals surface area (Å²) in [5.41, 5.74) is -0.109. The highest BCUT2D eigenvalue weighted by atomic mass is 16.5. The summed E-state index contributed by atoms with van der Waals surface area (Å²) in [5.74, 6) is 1.04. The lowest BCUT2D eigenvalue weighted by Gasteiger charge is -2.36. The fraction of sp³-hybridized carbons (Fsp3) is 0.444. The predicted molar refractivity (Wildman–Crippen MR) is 95.9 cm³/mol. The highest BCUT2D eigenvalue weighted by Crippen LogP contribution is 2.24. The first-order valence-electron chi connectivity index (χ1n) is 8.47. The molecule has 1 aliphatic heterocycles. The maximum absolute atomic E-state index is 12.6. The lowest BCUT2D eigenvalue weighted by molar-refractivity contribution is -0.158. The van der Waals surface area contributed by atoms with Gasteiger partial charge in [0.05, 0.1) is 18.8 Å². The monoisotopic (exact) mass is 357 g/mol. The molecular formula is C18H23N5O3. The Morgan fingerprint density at radius 2 is 2.08 bits per heavy atom. The van der Waals surface area contributed by atoms with Crippen molar-refractivity contribution in [1.29, 1.82) is 0 Å². The fourth-order valence-electron chi connectivity index (χ4n) is 2.66. The first kappa shape index (κ1) is 18.2. The van der Waals surface area contributed by atoms with Crippen LogP contribution in [0.2, 0.25) is 0 Å². The van der Waals surface area contributed by atoms with Gasteiger partial charge in [0.15, 0.2) is 0 Å². The summed E-state index contributed by atoms with van der Waals surface area (Å²) in [4.78, 5) is 27.2. The summed E-state index contributed by atoms with van der Waals surface area (Å²) in [6.45, 7) is 4.96. The molecule has 0 saturated carbocycles. The van der Waals surface area contributed by atoms with E-state index < -0.39 is 5.60 Å². The average molecular weight is 357 g/mol. The molecule has 138 valence electrons. The van der Waals surface area contributed by atoms with Crippen LogP contribution >= 0.6 is 0 Å². The number of methoxy groups -OCH3 is 1. The molecule has 3 rings (SSSR count). The highest BCUT2D eigenvalue weighted by molar-refractivity contribution is 5.84. The van der Waals surface area contributed by atoms with E-state index in [4.69, 9.17) is 9.47 Å². The summed E-state index contributed by atoms with van der Waals surface area (Å²) in [7, 11) is 1.54. The standard InChI is InChI=1S/C18H23N5O3/c1-18(2,25-3)16(24)23-10-11-26-14(12-23)13-6-4-7-15(21-13)22-17-19-8-5-9-20-17/h4-9,14H,10-12H2,1-3H3,(H,19,20,21,22)/t14-/m1/s1. The number of nitrogens with one attached hydrogen (secondary N) is 1. The van der Waals surface area contributed by atoms with Crippen LogP contribution < -0.4 is 5.32 Å². The van der Waals surface area contributed by atoms with Crippen molar-refractivity contribution in [2.45, 2.75) is 25.6 Å². The van der Waals surface area contributed by atoms with E-state index in [1.807, 2.05) is 18.2 Å². The Morgan fingerprint density at radius 1 is 1.31 bits per heavy atom. The third-order valence-corrected chi connectivity index (χ3v) is 4.29. The normalized spacial score (nSPS) is 17.8. The van der Waals surface area contributed by atoms with Crippen LogP contribution in [0.5, 0.6) is 0 Å². The van der Waals surface area contributed by atoms with Crippen LogP contribution in [0.25, 0.3) is 0 Å². The van der Waals surface area contributed by atoms with Gasteiger partial charge in [-0.25, -0.2) is 15.0 Å². The van der Waals surface area contributed by atoms with Gasteiger partial charge in [0.1, 0.15) is 17.5 Å². The Bertz CT molecular complexity index is 754. The zero-order valence-corrected chi connectivity index (χ0v) is 15.2. The van der Waals surface area contributed by atoms with E-state index in [0.717, 1.165) is 5.69 Å². The molecule has 1 amide bonds. The van der Waals surface area contributed by atoms with Gasteiger partial charge >= 0.3 is 0 Å². The fourth-order valence-corrected chi connectivity index (χ4v) is 2.66. The molecular weight excluding hydrogens is 334 g/mol. The van der Waals surface area contributed by atoms with Gasteiger partial charge in [0, 0.05) is 26.0 Å². The van der Waals surface area contributed by atoms with Gasteiger partial charge in [-0.15, -0.1) is 0 Å². The van der Waals surface area contributed by atoms with Crippen LogP contribution in [0.1, 0.15) is 25.6 Å². The van der Waals surface area contributed by atoms with Gasteiger partial charge in [-0.3, -0.25) is 4.79 Å². The van der Waals surface area contributed by atoms with Crippen molar-refractivity contribution in [1.82, 2.24) is 19.9 Å². The number of nitrogens with zero attached hydrogens (tertiary/aromatic N) is 4. The van der Waals surface area contributed by atoms with Crippen LogP contribution in [0.4, 0.5) is 11.8 Å². The third-order valence-electron chi connectivity index (χ3n) is 4.29. The van der Waals surface area contributed by atoms with Crippen LogP contribution in [-0.2, 0) is 14.3 Å². The Labute approximate surface area is 152 Å². The molecule has 2 aromatic heterocycles. The van der Waals surface area contributed by atoms with Gasteiger partial charge in [0.2, 0.25) is 5.95 Å². The average Bonchev–Trinajstić information content (AvgIpc) is 2.68. The molecule has 0 radical (unpaired) electrons. The highest BCUT2D eigenvalue weighted by Gasteiger charge is 2.35. The minimum atomic E-state index is -0.858. The summed E-state index contributed by atoms with van der Waals surface area (Å²) < 4.78 is 11.1. The maximum atomic E-state index is 12.6. The van der Waals surface area contributed by atoms with E-state index in [-0.39, 0.29) is 12.0 Å². The first-order valence-corrected chi connectivity index (χ1v) is 8.47. The molecule has 0 aromatic carbocycles. The number of hydrogen-bond acceptors (Lipinski definition) is 7. The molecule has 0 aliphatic carbocycles. The SMILES string of the molecule is COC(C)(C)C(=O)N1CCO[C@@H](c2cccc(Nc3ncccn3)n2)C1. The zero-order valence-electron chi connectivity index (χ0n) is 15.2. The van der Waals surface area contributed by atoms with Crippen molar-refractivity contribution in [2.24, 2.45) is 0 Å². The van der Waals surface area contributed by atoms with E-state index in [1.165, 1.54) is 7.11 Å². The molecule has 8 nitrogen and oxygen atoms in total. The number of rotatable bonds is 5. The predicted octanol–water partition coefficient (Wildman–Crippen LogP) is 1.94. The number of morpholine rings is 1. The first-order chi connectivity index (χ1) is 12.5. The second-order valence-electron chi connectivity index (χ2n) is 6.47. The largest absolute Gasteiger partial charge is 0.369 e. The third kappa shape index (κ3) is 4.14. The van der Waals surface area contributed by atoms with E-state index >= 15 is 0 Å². The minimum absolute atomic E-state index is 0.0553. The second kappa shape index (κ2) is 7.76. The van der Waals surface area contributed by atoms with Crippen LogP contribution in [0.15, 0.2) is 36.7 Å². The molecule has 0 bridgehead atoms. The molecule has 1 aliphatic rings. The maximum Gasteiger partial charge on any atom is 0.254 e. The van der Waals surface area contributed by atoms with Gasteiger partial charge in [0.25, 0.3) is 5.91 Å². The van der Waals surface area contributed by atoms with E-state index in [2.05, 4.69) is 20.3 Å². The molecule has 1 saturated heterocycles. The lowest BCUT2D eigenvalue weighted by Crippen LogP contribution is -2.51. The molecule has 1 atom stereocenters. The smallest absolute Gasteiger partial charge is 0.254 e. The van der Waals surface area contributed by atoms with Gasteiger partial charge in [-0.05, 0) is 32.0 Å². The number of hydrogen-bond donors (Lipinski definition) is 1. The van der Waals surface area contributed by atoms with Gasteiger partial charge in [-0.1, -0.05) is 6.07 Å². The van der Waals surface area contributed by atoms with Crippen molar-refractivity contribution in [3.8, 4) is 0 Å². The number of aromatic nitrogens is 3. The Hall–Kier alpha value is -2.58. The topological polar surface area (TPSA) is 89.5 Å². The number of amides is 1. The molecule has 2 aromatic rings. The van der Waals surface area contributed by atoms with Crippen molar-refractivity contribution >= 4 is 17.7 Å². The number of ether oxygens (including phenoxy) is 2. The van der Waals surface area contributed by atoms with Crippen LogP contribution in [0, 0.1) is 0 Å².